The molecule has 0 heterocycles. The van der Waals surface area contributed by atoms with E-state index in [0.717, 1.165) is 18.4 Å². The van der Waals surface area contributed by atoms with Gasteiger partial charge in [-0.05, 0) is 43.4 Å². The van der Waals surface area contributed by atoms with Crippen molar-refractivity contribution in [2.75, 3.05) is 5.32 Å². The van der Waals surface area contributed by atoms with E-state index in [9.17, 15) is 9.59 Å². The molecule has 0 aliphatic heterocycles. The molecule has 6 heteroatoms. The van der Waals surface area contributed by atoms with Crippen molar-refractivity contribution in [3.05, 3.63) is 28.8 Å². The predicted molar refractivity (Wildman–Crippen MR) is 72.5 cm³/mol. The standard InChI is InChI=1S/C13H15ClN2O3/c1-7-2-5-10(9(14)6-7)15-13(19)16-11(12(17)18)8-3-4-8/h2,5-6,8,11H,3-4H2,1H3,(H,17,18)(H2,15,16,19). The van der Waals surface area contributed by atoms with Gasteiger partial charge < -0.3 is 15.7 Å². The summed E-state index contributed by atoms with van der Waals surface area (Å²) in [5.74, 6) is -0.968. The van der Waals surface area contributed by atoms with Gasteiger partial charge in [0.05, 0.1) is 10.7 Å². The fourth-order valence-corrected chi connectivity index (χ4v) is 2.11. The third kappa shape index (κ3) is 3.61. The van der Waals surface area contributed by atoms with Gasteiger partial charge in [-0.2, -0.15) is 0 Å². The zero-order valence-corrected chi connectivity index (χ0v) is 11.2. The third-order valence-corrected chi connectivity index (χ3v) is 3.33. The molecule has 2 rings (SSSR count). The highest BCUT2D eigenvalue weighted by molar-refractivity contribution is 6.33. The molecule has 0 radical (unpaired) electrons. The minimum Gasteiger partial charge on any atom is -0.480 e. The van der Waals surface area contributed by atoms with Gasteiger partial charge in [0.25, 0.3) is 0 Å². The van der Waals surface area contributed by atoms with Crippen LogP contribution >= 0.6 is 11.6 Å². The molecule has 0 saturated heterocycles. The smallest absolute Gasteiger partial charge is 0.326 e. The first-order valence-corrected chi connectivity index (χ1v) is 6.41. The number of aliphatic carboxylic acids is 1. The first kappa shape index (κ1) is 13.7. The van der Waals surface area contributed by atoms with Crippen LogP contribution in [-0.4, -0.2) is 23.1 Å². The van der Waals surface area contributed by atoms with E-state index in [2.05, 4.69) is 10.6 Å². The molecule has 1 aliphatic carbocycles. The van der Waals surface area contributed by atoms with Crippen molar-refractivity contribution < 1.29 is 14.7 Å². The predicted octanol–water partition coefficient (Wildman–Crippen LogP) is 2.63. The highest BCUT2D eigenvalue weighted by atomic mass is 35.5. The van der Waals surface area contributed by atoms with Gasteiger partial charge in [-0.1, -0.05) is 17.7 Å². The maximum atomic E-state index is 11.8. The van der Waals surface area contributed by atoms with E-state index in [1.807, 2.05) is 13.0 Å². The zero-order chi connectivity index (χ0) is 14.0. The van der Waals surface area contributed by atoms with E-state index >= 15 is 0 Å². The summed E-state index contributed by atoms with van der Waals surface area (Å²) < 4.78 is 0. The minimum atomic E-state index is -1.01. The Kier molecular flexibility index (Phi) is 3.95. The molecule has 1 aromatic rings. The van der Waals surface area contributed by atoms with Gasteiger partial charge >= 0.3 is 12.0 Å². The number of anilines is 1. The number of carbonyl (C=O) groups is 2. The Bertz CT molecular complexity index is 515. The third-order valence-electron chi connectivity index (χ3n) is 3.02. The van der Waals surface area contributed by atoms with Crippen LogP contribution < -0.4 is 10.6 Å². The Morgan fingerprint density at radius 3 is 2.63 bits per heavy atom. The van der Waals surface area contributed by atoms with Crippen molar-refractivity contribution in [2.45, 2.75) is 25.8 Å². The molecule has 0 bridgehead atoms. The first-order valence-electron chi connectivity index (χ1n) is 6.04. The lowest BCUT2D eigenvalue weighted by Crippen LogP contribution is -2.44. The van der Waals surface area contributed by atoms with Crippen LogP contribution in [0.3, 0.4) is 0 Å². The lowest BCUT2D eigenvalue weighted by atomic mass is 10.2. The summed E-state index contributed by atoms with van der Waals surface area (Å²) in [5, 5.41) is 14.5. The number of hydrogen-bond acceptors (Lipinski definition) is 2. The second-order valence-corrected chi connectivity index (χ2v) is 5.14. The molecule has 1 aliphatic rings. The number of carbonyl (C=O) groups excluding carboxylic acids is 1. The van der Waals surface area contributed by atoms with Crippen LogP contribution in [0.15, 0.2) is 18.2 Å². The average molecular weight is 283 g/mol. The van der Waals surface area contributed by atoms with Crippen molar-refractivity contribution in [3.63, 3.8) is 0 Å². The number of carboxylic acid groups (broad SMARTS) is 1. The lowest BCUT2D eigenvalue weighted by Gasteiger charge is -2.15. The number of amides is 2. The van der Waals surface area contributed by atoms with E-state index in [0.29, 0.717) is 10.7 Å². The number of halogens is 1. The van der Waals surface area contributed by atoms with Crippen molar-refractivity contribution >= 4 is 29.3 Å². The number of carboxylic acids is 1. The van der Waals surface area contributed by atoms with Crippen LogP contribution in [0.5, 0.6) is 0 Å². The number of aryl methyl sites for hydroxylation is 1. The Labute approximate surface area is 116 Å². The second-order valence-electron chi connectivity index (χ2n) is 4.74. The Morgan fingerprint density at radius 2 is 2.11 bits per heavy atom. The molecule has 1 fully saturated rings. The SMILES string of the molecule is Cc1ccc(NC(=O)NC(C(=O)O)C2CC2)c(Cl)c1. The Balaban J connectivity index is 1.98. The van der Waals surface area contributed by atoms with Crippen molar-refractivity contribution in [2.24, 2.45) is 5.92 Å². The fourth-order valence-electron chi connectivity index (χ4n) is 1.83. The summed E-state index contributed by atoms with van der Waals surface area (Å²) in [7, 11) is 0. The molecule has 0 aromatic heterocycles. The number of nitrogens with one attached hydrogen (secondary N) is 2. The van der Waals surface area contributed by atoms with Crippen LogP contribution in [0.1, 0.15) is 18.4 Å². The summed E-state index contributed by atoms with van der Waals surface area (Å²) in [5.41, 5.74) is 1.45. The summed E-state index contributed by atoms with van der Waals surface area (Å²) in [6.45, 7) is 1.89. The quantitative estimate of drug-likeness (QED) is 0.794. The second kappa shape index (κ2) is 5.48. The van der Waals surface area contributed by atoms with Gasteiger partial charge in [0, 0.05) is 0 Å². The summed E-state index contributed by atoms with van der Waals surface area (Å²) in [6.07, 6.45) is 1.67. The molecule has 1 saturated carbocycles. The van der Waals surface area contributed by atoms with E-state index in [4.69, 9.17) is 16.7 Å². The fraction of sp³-hybridized carbons (Fsp3) is 0.385. The van der Waals surface area contributed by atoms with Crippen molar-refractivity contribution in [3.8, 4) is 0 Å². The van der Waals surface area contributed by atoms with Crippen molar-refractivity contribution in [1.82, 2.24) is 5.32 Å². The lowest BCUT2D eigenvalue weighted by molar-refractivity contribution is -0.139. The Morgan fingerprint density at radius 1 is 1.42 bits per heavy atom. The highest BCUT2D eigenvalue weighted by Crippen LogP contribution is 2.32. The summed E-state index contributed by atoms with van der Waals surface area (Å²) >= 11 is 5.99. The minimum absolute atomic E-state index is 0.0386. The maximum absolute atomic E-state index is 11.8. The molecule has 2 amide bonds. The Hall–Kier alpha value is -1.75. The van der Waals surface area contributed by atoms with E-state index in [1.165, 1.54) is 0 Å². The van der Waals surface area contributed by atoms with Gasteiger partial charge in [0.2, 0.25) is 0 Å². The molecule has 19 heavy (non-hydrogen) atoms. The van der Waals surface area contributed by atoms with Gasteiger partial charge in [0.15, 0.2) is 0 Å². The largest absolute Gasteiger partial charge is 0.480 e. The van der Waals surface area contributed by atoms with E-state index in [-0.39, 0.29) is 5.92 Å². The van der Waals surface area contributed by atoms with Crippen LogP contribution in [0, 0.1) is 12.8 Å². The first-order chi connectivity index (χ1) is 8.97. The molecule has 102 valence electrons. The number of urea groups is 1. The highest BCUT2D eigenvalue weighted by Gasteiger charge is 2.37. The molecular formula is C13H15ClN2O3. The zero-order valence-electron chi connectivity index (χ0n) is 10.4. The molecule has 3 N–H and O–H groups in total. The van der Waals surface area contributed by atoms with Crippen molar-refractivity contribution in [1.29, 1.82) is 0 Å². The molecule has 1 unspecified atom stereocenters. The molecule has 1 atom stereocenters. The van der Waals surface area contributed by atoms with Gasteiger partial charge in [0.1, 0.15) is 6.04 Å². The van der Waals surface area contributed by atoms with Crippen LogP contribution in [0.2, 0.25) is 5.02 Å². The molecule has 0 spiro atoms. The molecule has 5 nitrogen and oxygen atoms in total. The number of hydrogen-bond donors (Lipinski definition) is 3. The molecular weight excluding hydrogens is 268 g/mol. The van der Waals surface area contributed by atoms with E-state index in [1.54, 1.807) is 12.1 Å². The maximum Gasteiger partial charge on any atom is 0.326 e. The monoisotopic (exact) mass is 282 g/mol. The number of benzene rings is 1. The average Bonchev–Trinajstić information content (AvgIpc) is 3.13. The van der Waals surface area contributed by atoms with Crippen LogP contribution in [0.4, 0.5) is 10.5 Å². The normalized spacial score (nSPS) is 15.7. The van der Waals surface area contributed by atoms with Crippen LogP contribution in [-0.2, 0) is 4.79 Å². The van der Waals surface area contributed by atoms with Crippen LogP contribution in [0.25, 0.3) is 0 Å². The number of rotatable bonds is 4. The summed E-state index contributed by atoms with van der Waals surface area (Å²) in [4.78, 5) is 22.8. The van der Waals surface area contributed by atoms with Gasteiger partial charge in [-0.3, -0.25) is 0 Å². The van der Waals surface area contributed by atoms with Gasteiger partial charge in [-0.25, -0.2) is 9.59 Å². The summed E-state index contributed by atoms with van der Waals surface area (Å²) in [6, 6.07) is 3.85. The van der Waals surface area contributed by atoms with E-state index < -0.39 is 18.0 Å². The topological polar surface area (TPSA) is 78.4 Å². The molecule has 1 aromatic carbocycles. The van der Waals surface area contributed by atoms with Gasteiger partial charge in [-0.15, -0.1) is 0 Å².